The van der Waals surface area contributed by atoms with Crippen molar-refractivity contribution >= 4 is 22.7 Å². The van der Waals surface area contributed by atoms with Crippen molar-refractivity contribution in [2.24, 2.45) is 23.7 Å². The number of hydrogen-bond donors (Lipinski definition) is 0. The molecule has 5 atom stereocenters. The number of imidazole rings is 1. The fraction of sp³-hybridized carbons (Fsp3) is 0.211. The van der Waals surface area contributed by atoms with Crippen molar-refractivity contribution in [1.82, 2.24) is 9.55 Å². The molecule has 8 aliphatic carbocycles. The van der Waals surface area contributed by atoms with Crippen LogP contribution in [0.5, 0.6) is 0 Å². The van der Waals surface area contributed by atoms with E-state index in [-0.39, 0.29) is 0 Å². The quantitative estimate of drug-likeness (QED) is 0.198. The largest absolute Gasteiger partial charge is 0.293 e. The minimum absolute atomic E-state index is 0.341. The summed E-state index contributed by atoms with van der Waals surface area (Å²) in [4.78, 5) is 5.23. The van der Waals surface area contributed by atoms with Crippen molar-refractivity contribution in [1.29, 1.82) is 0 Å². The van der Waals surface area contributed by atoms with Gasteiger partial charge in [0.15, 0.2) is 0 Å². The van der Waals surface area contributed by atoms with Crippen LogP contribution in [0.2, 0.25) is 0 Å². The number of aromatic nitrogens is 2. The second-order valence-corrected chi connectivity index (χ2v) is 17.4. The molecule has 3 aromatic carbocycles. The molecule has 0 amide bonds. The Balaban J connectivity index is 0.977. The van der Waals surface area contributed by atoms with Crippen molar-refractivity contribution in [3.63, 3.8) is 0 Å². The molecule has 0 N–H and O–H groups in total. The van der Waals surface area contributed by atoms with Gasteiger partial charge in [-0.1, -0.05) is 152 Å². The molecule has 2 nitrogen and oxygen atoms in total. The lowest BCUT2D eigenvalue weighted by Crippen LogP contribution is -2.38. The molecule has 2 heteroatoms. The van der Waals surface area contributed by atoms with E-state index in [0.29, 0.717) is 29.6 Å². The molecule has 4 aromatic rings. The second kappa shape index (κ2) is 14.2. The van der Waals surface area contributed by atoms with Crippen LogP contribution in [-0.4, -0.2) is 9.55 Å². The molecule has 1 aromatic heterocycles. The summed E-state index contributed by atoms with van der Waals surface area (Å²) in [6, 6.07) is 28.3. The van der Waals surface area contributed by atoms with Crippen LogP contribution in [0, 0.1) is 23.7 Å². The van der Waals surface area contributed by atoms with Crippen molar-refractivity contribution in [3.8, 4) is 5.69 Å². The van der Waals surface area contributed by atoms with Gasteiger partial charge in [-0.15, -0.1) is 0 Å². The third-order valence-electron chi connectivity index (χ3n) is 14.4. The lowest BCUT2D eigenvalue weighted by atomic mass is 9.55. The first-order chi connectivity index (χ1) is 29.3. The number of hydrogen-bond acceptors (Lipinski definition) is 1. The standard InChI is InChI=1S/C57H48N2/c1-3-16-39(17-4-1)54-47-23-11-12-24-48(47)56(50-36-42-32-29-38-15-7-8-20-44(38)55(42)46-22-10-9-21-45(46)50)51-35-41(33-34-49(51)54)37-27-30-40(31-28-37)57-58-52-25-13-14-26-53(52)59(57)43-18-5-2-6-19-43/h2-3,5-11,13-23,25-27,29-30,32-34,36,46,48,51,55-56H,1,4,12,24,28,31,35H2. The molecule has 286 valence electrons. The van der Waals surface area contributed by atoms with Gasteiger partial charge >= 0.3 is 0 Å². The maximum absolute atomic E-state index is 5.23. The van der Waals surface area contributed by atoms with E-state index < -0.39 is 0 Å². The predicted octanol–water partition coefficient (Wildman–Crippen LogP) is 14.0. The highest BCUT2D eigenvalue weighted by Gasteiger charge is 2.47. The van der Waals surface area contributed by atoms with E-state index in [1.54, 1.807) is 16.7 Å². The molecule has 12 rings (SSSR count). The van der Waals surface area contributed by atoms with Gasteiger partial charge in [-0.3, -0.25) is 4.57 Å². The summed E-state index contributed by atoms with van der Waals surface area (Å²) in [6.07, 6.45) is 46.8. The predicted molar refractivity (Wildman–Crippen MR) is 245 cm³/mol. The van der Waals surface area contributed by atoms with E-state index in [1.165, 1.54) is 56.6 Å². The molecule has 0 bridgehead atoms. The van der Waals surface area contributed by atoms with E-state index in [9.17, 15) is 0 Å². The highest BCUT2D eigenvalue weighted by Crippen LogP contribution is 2.59. The molecular formula is C57H48N2. The Morgan fingerprint density at radius 3 is 2.36 bits per heavy atom. The maximum Gasteiger partial charge on any atom is 0.141 e. The number of para-hydroxylation sites is 3. The zero-order valence-corrected chi connectivity index (χ0v) is 33.5. The summed E-state index contributed by atoms with van der Waals surface area (Å²) < 4.78 is 2.35. The molecule has 0 saturated heterocycles. The highest BCUT2D eigenvalue weighted by molar-refractivity contribution is 5.83. The lowest BCUT2D eigenvalue weighted by Gasteiger charge is -2.48. The van der Waals surface area contributed by atoms with Crippen LogP contribution in [0.15, 0.2) is 220 Å². The van der Waals surface area contributed by atoms with Crippen LogP contribution in [0.3, 0.4) is 0 Å². The minimum Gasteiger partial charge on any atom is -0.293 e. The fourth-order valence-corrected chi connectivity index (χ4v) is 11.8. The van der Waals surface area contributed by atoms with Gasteiger partial charge in [-0.2, -0.15) is 0 Å². The molecule has 0 aliphatic heterocycles. The van der Waals surface area contributed by atoms with Gasteiger partial charge < -0.3 is 0 Å². The smallest absolute Gasteiger partial charge is 0.141 e. The van der Waals surface area contributed by atoms with E-state index in [1.807, 2.05) is 0 Å². The van der Waals surface area contributed by atoms with E-state index in [2.05, 4.69) is 181 Å². The van der Waals surface area contributed by atoms with Crippen LogP contribution in [0.25, 0.3) is 28.4 Å². The Labute approximate surface area is 348 Å². The molecule has 5 unspecified atom stereocenters. The third-order valence-corrected chi connectivity index (χ3v) is 14.4. The first-order valence-electron chi connectivity index (χ1n) is 22.0. The van der Waals surface area contributed by atoms with Crippen LogP contribution in [-0.2, 0) is 0 Å². The third kappa shape index (κ3) is 5.71. The molecule has 0 saturated carbocycles. The van der Waals surface area contributed by atoms with E-state index >= 15 is 0 Å². The van der Waals surface area contributed by atoms with Crippen molar-refractivity contribution < 1.29 is 0 Å². The van der Waals surface area contributed by atoms with Gasteiger partial charge in [0.1, 0.15) is 5.82 Å². The second-order valence-electron chi connectivity index (χ2n) is 17.4. The van der Waals surface area contributed by atoms with Gasteiger partial charge in [0.2, 0.25) is 0 Å². The topological polar surface area (TPSA) is 17.8 Å². The summed E-state index contributed by atoms with van der Waals surface area (Å²) in [6.45, 7) is 0. The van der Waals surface area contributed by atoms with Gasteiger partial charge in [0, 0.05) is 17.5 Å². The van der Waals surface area contributed by atoms with E-state index in [4.69, 9.17) is 4.98 Å². The zero-order valence-electron chi connectivity index (χ0n) is 33.5. The minimum atomic E-state index is 0.341. The van der Waals surface area contributed by atoms with Gasteiger partial charge in [-0.25, -0.2) is 4.98 Å². The van der Waals surface area contributed by atoms with Crippen molar-refractivity contribution in [2.45, 2.75) is 50.9 Å². The number of fused-ring (bicyclic) bond motifs is 8. The molecule has 0 radical (unpaired) electrons. The molecule has 0 fully saturated rings. The Bertz CT molecular complexity index is 2860. The zero-order chi connectivity index (χ0) is 38.9. The lowest BCUT2D eigenvalue weighted by molar-refractivity contribution is 0.298. The molecule has 59 heavy (non-hydrogen) atoms. The number of nitrogens with zero attached hydrogens (tertiary/aromatic N) is 2. The van der Waals surface area contributed by atoms with Crippen LogP contribution in [0.4, 0.5) is 0 Å². The van der Waals surface area contributed by atoms with Gasteiger partial charge in [0.05, 0.1) is 11.0 Å². The Morgan fingerprint density at radius 2 is 1.46 bits per heavy atom. The SMILES string of the molecule is C1=CC2=C(C3C4CC(C5=CC=C(c6nc7ccccc7n6-c6ccccc6)CC5)=CC=C4C(C4=CCCC=C4)=C4C=CCCC43)C=C3C=Cc4ccccc4C3C2C=C1. The Morgan fingerprint density at radius 1 is 0.627 bits per heavy atom. The Hall–Kier alpha value is -6.25. The first kappa shape index (κ1) is 34.8. The fourth-order valence-electron chi connectivity index (χ4n) is 11.8. The summed E-state index contributed by atoms with van der Waals surface area (Å²) >= 11 is 0. The Kier molecular flexibility index (Phi) is 8.39. The first-order valence-corrected chi connectivity index (χ1v) is 22.0. The molecule has 8 aliphatic rings. The monoisotopic (exact) mass is 760 g/mol. The normalized spacial score (nSPS) is 26.5. The molecule has 1 heterocycles. The molecule has 0 spiro atoms. The highest BCUT2D eigenvalue weighted by atomic mass is 15.1. The van der Waals surface area contributed by atoms with Gasteiger partial charge in [0.25, 0.3) is 0 Å². The van der Waals surface area contributed by atoms with Crippen molar-refractivity contribution in [3.05, 3.63) is 237 Å². The van der Waals surface area contributed by atoms with Crippen LogP contribution >= 0.6 is 0 Å². The number of allylic oxidation sites excluding steroid dienone is 25. The number of benzene rings is 3. The summed E-state index contributed by atoms with van der Waals surface area (Å²) in [5, 5.41) is 0. The maximum atomic E-state index is 5.23. The average molecular weight is 761 g/mol. The summed E-state index contributed by atoms with van der Waals surface area (Å²) in [5.41, 5.74) is 21.1. The van der Waals surface area contributed by atoms with Gasteiger partial charge in [-0.05, 0) is 154 Å². The summed E-state index contributed by atoms with van der Waals surface area (Å²) in [7, 11) is 0. The summed E-state index contributed by atoms with van der Waals surface area (Å²) in [5.74, 6) is 3.02. The van der Waals surface area contributed by atoms with E-state index in [0.717, 1.165) is 61.1 Å². The molecular weight excluding hydrogens is 713 g/mol. The van der Waals surface area contributed by atoms with Crippen LogP contribution < -0.4 is 0 Å². The average Bonchev–Trinajstić information content (AvgIpc) is 3.70. The van der Waals surface area contributed by atoms with Crippen molar-refractivity contribution in [2.75, 3.05) is 0 Å². The number of rotatable bonds is 5. The van der Waals surface area contributed by atoms with Crippen LogP contribution in [0.1, 0.15) is 67.8 Å².